The predicted octanol–water partition coefficient (Wildman–Crippen LogP) is 2.38. The predicted molar refractivity (Wildman–Crippen MR) is 88.8 cm³/mol. The quantitative estimate of drug-likeness (QED) is 0.628. The highest BCUT2D eigenvalue weighted by Crippen LogP contribution is 2.20. The summed E-state index contributed by atoms with van der Waals surface area (Å²) >= 11 is 0. The Hall–Kier alpha value is -0.160. The van der Waals surface area contributed by atoms with Crippen molar-refractivity contribution in [2.75, 3.05) is 46.6 Å². The van der Waals surface area contributed by atoms with Gasteiger partial charge in [0.05, 0.1) is 19.8 Å². The second kappa shape index (κ2) is 10.5. The van der Waals surface area contributed by atoms with Crippen LogP contribution in [0.15, 0.2) is 0 Å². The maximum atomic E-state index is 5.67. The van der Waals surface area contributed by atoms with Gasteiger partial charge in [-0.1, -0.05) is 34.1 Å². The van der Waals surface area contributed by atoms with E-state index in [1.165, 1.54) is 12.8 Å². The normalized spacial score (nSPS) is 25.4. The smallest absolute Gasteiger partial charge is 0.0700 e. The number of piperazine rings is 1. The number of rotatable bonds is 10. The van der Waals surface area contributed by atoms with Crippen LogP contribution < -0.4 is 5.32 Å². The molecule has 21 heavy (non-hydrogen) atoms. The first kappa shape index (κ1) is 18.9. The van der Waals surface area contributed by atoms with E-state index in [9.17, 15) is 0 Å². The molecular weight excluding hydrogens is 264 g/mol. The summed E-state index contributed by atoms with van der Waals surface area (Å²) in [6.45, 7) is 14.8. The fraction of sp³-hybridized carbons (Fsp3) is 1.00. The van der Waals surface area contributed by atoms with E-state index in [2.05, 4.69) is 37.9 Å². The first-order chi connectivity index (χ1) is 10.1. The van der Waals surface area contributed by atoms with E-state index in [0.29, 0.717) is 25.3 Å². The highest BCUT2D eigenvalue weighted by atomic mass is 16.5. The zero-order chi connectivity index (χ0) is 15.7. The Kier molecular flexibility index (Phi) is 9.49. The van der Waals surface area contributed by atoms with E-state index in [0.717, 1.165) is 38.1 Å². The topological polar surface area (TPSA) is 33.7 Å². The Morgan fingerprint density at radius 1 is 1.19 bits per heavy atom. The minimum absolute atomic E-state index is 0.629. The lowest BCUT2D eigenvalue weighted by atomic mass is 9.92. The summed E-state index contributed by atoms with van der Waals surface area (Å²) in [6.07, 6.45) is 2.50. The van der Waals surface area contributed by atoms with Gasteiger partial charge in [0.15, 0.2) is 0 Å². The maximum absolute atomic E-state index is 5.67. The van der Waals surface area contributed by atoms with Gasteiger partial charge in [-0.3, -0.25) is 4.90 Å². The Bertz CT molecular complexity index is 261. The summed E-state index contributed by atoms with van der Waals surface area (Å²) < 4.78 is 10.7. The largest absolute Gasteiger partial charge is 0.382 e. The summed E-state index contributed by atoms with van der Waals surface area (Å²) in [4.78, 5) is 2.64. The molecule has 0 amide bonds. The van der Waals surface area contributed by atoms with E-state index in [1.807, 2.05) is 0 Å². The maximum Gasteiger partial charge on any atom is 0.0700 e. The van der Waals surface area contributed by atoms with Crippen molar-refractivity contribution in [3.05, 3.63) is 0 Å². The zero-order valence-corrected chi connectivity index (χ0v) is 14.7. The molecule has 1 aliphatic rings. The van der Waals surface area contributed by atoms with E-state index in [1.54, 1.807) is 7.11 Å². The third-order valence-electron chi connectivity index (χ3n) is 4.55. The summed E-state index contributed by atoms with van der Waals surface area (Å²) in [5.41, 5.74) is 0. The molecule has 3 unspecified atom stereocenters. The van der Waals surface area contributed by atoms with Gasteiger partial charge in [-0.15, -0.1) is 0 Å². The molecule has 1 heterocycles. The number of ether oxygens (including phenoxy) is 2. The molecule has 4 heteroatoms. The van der Waals surface area contributed by atoms with Crippen LogP contribution in [0.1, 0.15) is 40.5 Å². The molecule has 0 aromatic carbocycles. The van der Waals surface area contributed by atoms with E-state index >= 15 is 0 Å². The molecule has 4 nitrogen and oxygen atoms in total. The number of nitrogens with zero attached hydrogens (tertiary/aromatic N) is 1. The Morgan fingerprint density at radius 3 is 2.57 bits per heavy atom. The Balaban J connectivity index is 2.44. The molecule has 1 rings (SSSR count). The minimum Gasteiger partial charge on any atom is -0.382 e. The van der Waals surface area contributed by atoms with Crippen molar-refractivity contribution < 1.29 is 9.47 Å². The number of hydrogen-bond donors (Lipinski definition) is 1. The van der Waals surface area contributed by atoms with Gasteiger partial charge < -0.3 is 14.8 Å². The van der Waals surface area contributed by atoms with Crippen LogP contribution in [0.5, 0.6) is 0 Å². The lowest BCUT2D eigenvalue weighted by Gasteiger charge is -2.43. The van der Waals surface area contributed by atoms with Crippen LogP contribution in [-0.4, -0.2) is 63.5 Å². The molecule has 1 fully saturated rings. The number of nitrogens with one attached hydrogen (secondary N) is 1. The first-order valence-corrected chi connectivity index (χ1v) is 8.62. The van der Waals surface area contributed by atoms with Gasteiger partial charge in [-0.25, -0.2) is 0 Å². The summed E-state index contributed by atoms with van der Waals surface area (Å²) in [7, 11) is 1.72. The highest BCUT2D eigenvalue weighted by Gasteiger charge is 2.30. The van der Waals surface area contributed by atoms with E-state index in [-0.39, 0.29) is 0 Å². The Labute approximate surface area is 131 Å². The van der Waals surface area contributed by atoms with Gasteiger partial charge in [0.1, 0.15) is 0 Å². The van der Waals surface area contributed by atoms with Crippen LogP contribution in [0.2, 0.25) is 0 Å². The minimum atomic E-state index is 0.629. The highest BCUT2D eigenvalue weighted by molar-refractivity contribution is 4.88. The van der Waals surface area contributed by atoms with Gasteiger partial charge in [-0.2, -0.15) is 0 Å². The second-order valence-electron chi connectivity index (χ2n) is 6.79. The molecule has 0 bridgehead atoms. The standard InChI is InChI=1S/C17H36N2O2/c1-6-15(4)17-12-18-16(11-14(2)3)13-19(17)7-8-21-10-9-20-5/h14-18H,6-13H2,1-5H3. The molecule has 1 aliphatic heterocycles. The average molecular weight is 300 g/mol. The summed E-state index contributed by atoms with van der Waals surface area (Å²) in [5, 5.41) is 3.75. The van der Waals surface area contributed by atoms with Crippen molar-refractivity contribution in [3.63, 3.8) is 0 Å². The third-order valence-corrected chi connectivity index (χ3v) is 4.55. The lowest BCUT2D eigenvalue weighted by Crippen LogP contribution is -2.59. The molecule has 0 radical (unpaired) electrons. The Morgan fingerprint density at radius 2 is 1.95 bits per heavy atom. The SMILES string of the molecule is CCC(C)C1CNC(CC(C)C)CN1CCOCCOC. The van der Waals surface area contributed by atoms with Crippen molar-refractivity contribution in [2.45, 2.75) is 52.6 Å². The molecule has 0 spiro atoms. The zero-order valence-electron chi connectivity index (χ0n) is 14.7. The van der Waals surface area contributed by atoms with Crippen LogP contribution in [0.3, 0.4) is 0 Å². The van der Waals surface area contributed by atoms with Crippen LogP contribution in [-0.2, 0) is 9.47 Å². The van der Waals surface area contributed by atoms with E-state index < -0.39 is 0 Å². The first-order valence-electron chi connectivity index (χ1n) is 8.62. The van der Waals surface area contributed by atoms with Gasteiger partial charge in [0, 0.05) is 38.8 Å². The summed E-state index contributed by atoms with van der Waals surface area (Å²) in [6, 6.07) is 1.27. The fourth-order valence-electron chi connectivity index (χ4n) is 3.14. The van der Waals surface area contributed by atoms with Crippen LogP contribution in [0.25, 0.3) is 0 Å². The van der Waals surface area contributed by atoms with Crippen molar-refractivity contribution in [1.29, 1.82) is 0 Å². The van der Waals surface area contributed by atoms with Crippen molar-refractivity contribution >= 4 is 0 Å². The van der Waals surface area contributed by atoms with Gasteiger partial charge in [0.25, 0.3) is 0 Å². The average Bonchev–Trinajstić information content (AvgIpc) is 2.46. The lowest BCUT2D eigenvalue weighted by molar-refractivity contribution is 0.0268. The van der Waals surface area contributed by atoms with Crippen LogP contribution in [0.4, 0.5) is 0 Å². The third kappa shape index (κ3) is 7.09. The molecule has 1 saturated heterocycles. The number of hydrogen-bond acceptors (Lipinski definition) is 4. The van der Waals surface area contributed by atoms with Gasteiger partial charge in [0.2, 0.25) is 0 Å². The monoisotopic (exact) mass is 300 g/mol. The van der Waals surface area contributed by atoms with Crippen LogP contribution in [0, 0.1) is 11.8 Å². The summed E-state index contributed by atoms with van der Waals surface area (Å²) in [5.74, 6) is 1.49. The van der Waals surface area contributed by atoms with E-state index in [4.69, 9.17) is 9.47 Å². The molecule has 0 saturated carbocycles. The molecule has 0 aromatic heterocycles. The molecular formula is C17H36N2O2. The molecule has 0 aromatic rings. The molecule has 0 aliphatic carbocycles. The fourth-order valence-corrected chi connectivity index (χ4v) is 3.14. The van der Waals surface area contributed by atoms with Gasteiger partial charge >= 0.3 is 0 Å². The van der Waals surface area contributed by atoms with Crippen molar-refractivity contribution in [1.82, 2.24) is 10.2 Å². The molecule has 1 N–H and O–H groups in total. The second-order valence-corrected chi connectivity index (χ2v) is 6.79. The number of methoxy groups -OCH3 is 1. The molecule has 3 atom stereocenters. The van der Waals surface area contributed by atoms with Crippen molar-refractivity contribution in [3.8, 4) is 0 Å². The molecule has 126 valence electrons. The van der Waals surface area contributed by atoms with Crippen LogP contribution >= 0.6 is 0 Å². The van der Waals surface area contributed by atoms with Gasteiger partial charge in [-0.05, 0) is 18.3 Å². The van der Waals surface area contributed by atoms with Crippen molar-refractivity contribution in [2.24, 2.45) is 11.8 Å².